The van der Waals surface area contributed by atoms with E-state index in [1.165, 1.54) is 0 Å². The fourth-order valence-corrected chi connectivity index (χ4v) is 2.38. The molecule has 0 amide bonds. The number of hydrogen-bond donors (Lipinski definition) is 1. The van der Waals surface area contributed by atoms with Gasteiger partial charge in [0.2, 0.25) is 5.82 Å². The van der Waals surface area contributed by atoms with Crippen LogP contribution in [0, 0.1) is 6.92 Å². The van der Waals surface area contributed by atoms with Gasteiger partial charge in [-0.2, -0.15) is 0 Å². The number of benzene rings is 1. The third-order valence-corrected chi connectivity index (χ3v) is 3.94. The molecule has 0 spiro atoms. The van der Waals surface area contributed by atoms with Gasteiger partial charge in [0.15, 0.2) is 5.82 Å². The van der Waals surface area contributed by atoms with Crippen LogP contribution < -0.4 is 10.5 Å². The lowest BCUT2D eigenvalue weighted by atomic mass is 10.2. The van der Waals surface area contributed by atoms with Gasteiger partial charge in [-0.15, -0.1) is 32.8 Å². The van der Waals surface area contributed by atoms with Crippen LogP contribution in [-0.4, -0.2) is 99.6 Å². The molecule has 2 aromatic rings. The zero-order valence-electron chi connectivity index (χ0n) is 19.0. The molecule has 0 aliphatic carbocycles. The van der Waals surface area contributed by atoms with Gasteiger partial charge < -0.3 is 34.2 Å². The first-order valence-corrected chi connectivity index (χ1v) is 10.7. The van der Waals surface area contributed by atoms with E-state index in [4.69, 9.17) is 34.2 Å². The monoisotopic (exact) mass is 487 g/mol. The quantitative estimate of drug-likeness (QED) is 0.285. The van der Waals surface area contributed by atoms with Crippen molar-refractivity contribution in [2.24, 2.45) is 5.73 Å². The molecule has 0 saturated heterocycles. The van der Waals surface area contributed by atoms with E-state index in [1.807, 2.05) is 24.3 Å². The van der Waals surface area contributed by atoms with Crippen LogP contribution in [0.5, 0.6) is 5.75 Å². The second-order valence-electron chi connectivity index (χ2n) is 6.49. The van der Waals surface area contributed by atoms with Crippen molar-refractivity contribution in [3.8, 4) is 17.1 Å². The molecule has 0 fully saturated rings. The summed E-state index contributed by atoms with van der Waals surface area (Å²) in [7, 11) is 0. The third-order valence-electron chi connectivity index (χ3n) is 3.94. The fourth-order valence-electron chi connectivity index (χ4n) is 2.38. The lowest BCUT2D eigenvalue weighted by Gasteiger charge is -2.09. The second-order valence-corrected chi connectivity index (χ2v) is 6.49. The SMILES string of the molecule is Cc1nnc(-c2ccc(OCCOCCOCCOCCOCCOCCN)cc2)nn1.Cl. The summed E-state index contributed by atoms with van der Waals surface area (Å²) in [6.07, 6.45) is 0. The maximum Gasteiger partial charge on any atom is 0.203 e. The molecule has 186 valence electrons. The molecule has 1 heterocycles. The van der Waals surface area contributed by atoms with Crippen LogP contribution in [0.15, 0.2) is 24.3 Å². The Labute approximate surface area is 200 Å². The van der Waals surface area contributed by atoms with Crippen LogP contribution in [-0.2, 0) is 23.7 Å². The molecule has 2 rings (SSSR count). The molecule has 2 N–H and O–H groups in total. The second kappa shape index (κ2) is 19.5. The molecule has 33 heavy (non-hydrogen) atoms. The van der Waals surface area contributed by atoms with Gasteiger partial charge in [0.25, 0.3) is 0 Å². The van der Waals surface area contributed by atoms with E-state index in [0.29, 0.717) is 90.9 Å². The van der Waals surface area contributed by atoms with Crippen LogP contribution in [0.3, 0.4) is 0 Å². The summed E-state index contributed by atoms with van der Waals surface area (Å²) in [4.78, 5) is 0. The molecular formula is C21H34ClN5O6. The van der Waals surface area contributed by atoms with E-state index in [1.54, 1.807) is 6.92 Å². The average molecular weight is 488 g/mol. The Morgan fingerprint density at radius 2 is 1.03 bits per heavy atom. The minimum absolute atomic E-state index is 0. The first kappa shape index (κ1) is 29.0. The molecule has 0 aliphatic rings. The Balaban J connectivity index is 0.00000544. The summed E-state index contributed by atoms with van der Waals surface area (Å²) in [5, 5.41) is 15.8. The largest absolute Gasteiger partial charge is 0.491 e. The predicted molar refractivity (Wildman–Crippen MR) is 124 cm³/mol. The highest BCUT2D eigenvalue weighted by atomic mass is 35.5. The van der Waals surface area contributed by atoms with Gasteiger partial charge in [-0.05, 0) is 31.2 Å². The van der Waals surface area contributed by atoms with E-state index >= 15 is 0 Å². The Kier molecular flexibility index (Phi) is 17.1. The molecule has 0 atom stereocenters. The topological polar surface area (TPSA) is 133 Å². The molecular weight excluding hydrogens is 454 g/mol. The molecule has 12 heteroatoms. The van der Waals surface area contributed by atoms with Crippen LogP contribution in [0.25, 0.3) is 11.4 Å². The van der Waals surface area contributed by atoms with E-state index in [0.717, 1.165) is 11.3 Å². The number of nitrogens with two attached hydrogens (primary N) is 1. The van der Waals surface area contributed by atoms with Gasteiger partial charge in [0, 0.05) is 12.1 Å². The molecule has 0 radical (unpaired) electrons. The normalized spacial score (nSPS) is 10.7. The Morgan fingerprint density at radius 3 is 1.48 bits per heavy atom. The smallest absolute Gasteiger partial charge is 0.203 e. The molecule has 0 bridgehead atoms. The summed E-state index contributed by atoms with van der Waals surface area (Å²) >= 11 is 0. The Morgan fingerprint density at radius 1 is 0.606 bits per heavy atom. The van der Waals surface area contributed by atoms with Crippen LogP contribution in [0.1, 0.15) is 5.82 Å². The van der Waals surface area contributed by atoms with E-state index in [9.17, 15) is 0 Å². The Hall–Kier alpha value is -1.99. The molecule has 1 aromatic carbocycles. The summed E-state index contributed by atoms with van der Waals surface area (Å²) in [6, 6.07) is 7.43. The summed E-state index contributed by atoms with van der Waals surface area (Å²) < 4.78 is 32.6. The molecule has 0 aliphatic heterocycles. The molecule has 1 aromatic heterocycles. The minimum Gasteiger partial charge on any atom is -0.491 e. The van der Waals surface area contributed by atoms with Gasteiger partial charge in [0.1, 0.15) is 12.4 Å². The number of nitrogens with zero attached hydrogens (tertiary/aromatic N) is 4. The highest BCUT2D eigenvalue weighted by molar-refractivity contribution is 5.85. The lowest BCUT2D eigenvalue weighted by molar-refractivity contribution is -0.0122. The fraction of sp³-hybridized carbons (Fsp3) is 0.619. The minimum atomic E-state index is 0. The number of aromatic nitrogens is 4. The maximum absolute atomic E-state index is 5.65. The summed E-state index contributed by atoms with van der Waals surface area (Å²) in [6.45, 7) is 7.95. The van der Waals surface area contributed by atoms with Gasteiger partial charge >= 0.3 is 0 Å². The number of ether oxygens (including phenoxy) is 6. The summed E-state index contributed by atoms with van der Waals surface area (Å²) in [5.74, 6) is 1.76. The number of halogens is 1. The number of rotatable bonds is 19. The Bertz CT molecular complexity index is 711. The molecule has 0 unspecified atom stereocenters. The first-order chi connectivity index (χ1) is 15.8. The van der Waals surface area contributed by atoms with Crippen LogP contribution in [0.2, 0.25) is 0 Å². The van der Waals surface area contributed by atoms with Crippen molar-refractivity contribution in [3.05, 3.63) is 30.1 Å². The van der Waals surface area contributed by atoms with Crippen molar-refractivity contribution in [2.75, 3.05) is 79.2 Å². The zero-order chi connectivity index (χ0) is 22.7. The van der Waals surface area contributed by atoms with Crippen molar-refractivity contribution in [1.82, 2.24) is 20.4 Å². The first-order valence-electron chi connectivity index (χ1n) is 10.7. The van der Waals surface area contributed by atoms with Crippen molar-refractivity contribution in [3.63, 3.8) is 0 Å². The zero-order valence-corrected chi connectivity index (χ0v) is 19.8. The molecule has 0 saturated carbocycles. The van der Waals surface area contributed by atoms with Gasteiger partial charge in [-0.1, -0.05) is 0 Å². The predicted octanol–water partition coefficient (Wildman–Crippen LogP) is 1.08. The summed E-state index contributed by atoms with van der Waals surface area (Å²) in [5.41, 5.74) is 6.15. The molecule has 11 nitrogen and oxygen atoms in total. The van der Waals surface area contributed by atoms with E-state index in [2.05, 4.69) is 20.4 Å². The van der Waals surface area contributed by atoms with Crippen LogP contribution in [0.4, 0.5) is 0 Å². The van der Waals surface area contributed by atoms with Gasteiger partial charge in [-0.25, -0.2) is 0 Å². The highest BCUT2D eigenvalue weighted by Gasteiger charge is 2.03. The van der Waals surface area contributed by atoms with Crippen molar-refractivity contribution >= 4 is 12.4 Å². The highest BCUT2D eigenvalue weighted by Crippen LogP contribution is 2.18. The standard InChI is InChI=1S/C21H33N5O6.ClH/c1-18-23-25-21(26-24-18)19-2-4-20(5-3-19)32-17-16-31-15-14-30-13-12-29-11-10-28-9-8-27-7-6-22;/h2-5H,6-17,22H2,1H3;1H. The van der Waals surface area contributed by atoms with E-state index in [-0.39, 0.29) is 12.4 Å². The van der Waals surface area contributed by atoms with Crippen molar-refractivity contribution in [1.29, 1.82) is 0 Å². The van der Waals surface area contributed by atoms with Gasteiger partial charge in [-0.3, -0.25) is 0 Å². The number of aryl methyl sites for hydroxylation is 1. The van der Waals surface area contributed by atoms with E-state index < -0.39 is 0 Å². The van der Waals surface area contributed by atoms with Gasteiger partial charge in [0.05, 0.1) is 66.1 Å². The maximum atomic E-state index is 5.65. The lowest BCUT2D eigenvalue weighted by Crippen LogP contribution is -2.15. The van der Waals surface area contributed by atoms with Crippen molar-refractivity contribution in [2.45, 2.75) is 6.92 Å². The number of hydrogen-bond acceptors (Lipinski definition) is 11. The third kappa shape index (κ3) is 14.0. The van der Waals surface area contributed by atoms with Crippen LogP contribution >= 0.6 is 12.4 Å². The van der Waals surface area contributed by atoms with Crippen molar-refractivity contribution < 1.29 is 28.4 Å². The average Bonchev–Trinajstić information content (AvgIpc) is 2.82.